The Bertz CT molecular complexity index is 224. The highest BCUT2D eigenvalue weighted by Gasteiger charge is 2.34. The van der Waals surface area contributed by atoms with Gasteiger partial charge in [0, 0.05) is 13.0 Å². The van der Waals surface area contributed by atoms with Crippen LogP contribution in [0, 0.1) is 17.3 Å². The summed E-state index contributed by atoms with van der Waals surface area (Å²) in [6.07, 6.45) is 6.11. The van der Waals surface area contributed by atoms with Gasteiger partial charge in [0.1, 0.15) is 0 Å². The Morgan fingerprint density at radius 1 is 1.21 bits per heavy atom. The van der Waals surface area contributed by atoms with Crippen molar-refractivity contribution in [3.05, 3.63) is 0 Å². The maximum Gasteiger partial charge on any atom is 0.220 e. The van der Waals surface area contributed by atoms with Gasteiger partial charge in [0.25, 0.3) is 0 Å². The van der Waals surface area contributed by atoms with Crippen LogP contribution in [-0.2, 0) is 4.79 Å². The fourth-order valence-corrected chi connectivity index (χ4v) is 2.85. The zero-order valence-corrected chi connectivity index (χ0v) is 9.31. The van der Waals surface area contributed by atoms with Gasteiger partial charge in [0.05, 0.1) is 0 Å². The normalized spacial score (nSPS) is 33.0. The van der Waals surface area contributed by atoms with Crippen LogP contribution in [0.1, 0.15) is 46.0 Å². The van der Waals surface area contributed by atoms with Gasteiger partial charge in [-0.25, -0.2) is 0 Å². The molecule has 0 aromatic carbocycles. The molecule has 0 spiro atoms. The van der Waals surface area contributed by atoms with Gasteiger partial charge in [0.15, 0.2) is 0 Å². The van der Waals surface area contributed by atoms with Crippen molar-refractivity contribution in [3.8, 4) is 0 Å². The summed E-state index contributed by atoms with van der Waals surface area (Å²) in [6.45, 7) is 5.66. The van der Waals surface area contributed by atoms with Crippen molar-refractivity contribution >= 4 is 5.91 Å². The van der Waals surface area contributed by atoms with Crippen molar-refractivity contribution in [2.75, 3.05) is 6.54 Å². The molecule has 1 saturated carbocycles. The smallest absolute Gasteiger partial charge is 0.220 e. The number of hydrogen-bond acceptors (Lipinski definition) is 1. The summed E-state index contributed by atoms with van der Waals surface area (Å²) >= 11 is 0. The number of carbonyl (C=O) groups excluding carboxylic acids is 1. The van der Waals surface area contributed by atoms with Crippen LogP contribution >= 0.6 is 0 Å². The van der Waals surface area contributed by atoms with E-state index in [9.17, 15) is 4.79 Å². The van der Waals surface area contributed by atoms with Crippen LogP contribution < -0.4 is 5.32 Å². The first-order chi connectivity index (χ1) is 6.57. The standard InChI is InChI=1S/C12H21NO/c1-12(2)5-3-9(4-6-12)10-7-11(14)13-8-10/h9-10H,3-8H2,1-2H3,(H,13,14)/t10-/m1/s1. The molecule has 0 bridgehead atoms. The summed E-state index contributed by atoms with van der Waals surface area (Å²) in [4.78, 5) is 11.1. The summed E-state index contributed by atoms with van der Waals surface area (Å²) < 4.78 is 0. The molecule has 0 aromatic rings. The monoisotopic (exact) mass is 195 g/mol. The quantitative estimate of drug-likeness (QED) is 0.683. The first-order valence-corrected chi connectivity index (χ1v) is 5.83. The van der Waals surface area contributed by atoms with Gasteiger partial charge in [-0.2, -0.15) is 0 Å². The largest absolute Gasteiger partial charge is 0.356 e. The number of amides is 1. The third-order valence-corrected chi connectivity index (χ3v) is 4.06. The van der Waals surface area contributed by atoms with Crippen LogP contribution in [-0.4, -0.2) is 12.5 Å². The average Bonchev–Trinajstić information content (AvgIpc) is 2.52. The third kappa shape index (κ3) is 2.10. The van der Waals surface area contributed by atoms with Crippen LogP contribution in [0.25, 0.3) is 0 Å². The van der Waals surface area contributed by atoms with Gasteiger partial charge < -0.3 is 5.32 Å². The molecule has 1 aliphatic carbocycles. The van der Waals surface area contributed by atoms with Crippen molar-refractivity contribution in [2.45, 2.75) is 46.0 Å². The van der Waals surface area contributed by atoms with E-state index in [2.05, 4.69) is 19.2 Å². The molecule has 2 nitrogen and oxygen atoms in total. The van der Waals surface area contributed by atoms with Crippen LogP contribution in [0.5, 0.6) is 0 Å². The highest BCUT2D eigenvalue weighted by Crippen LogP contribution is 2.41. The molecular formula is C12H21NO. The van der Waals surface area contributed by atoms with E-state index in [1.165, 1.54) is 25.7 Å². The molecule has 1 aliphatic heterocycles. The average molecular weight is 195 g/mol. The van der Waals surface area contributed by atoms with E-state index in [1.54, 1.807) is 0 Å². The zero-order chi connectivity index (χ0) is 10.2. The molecule has 2 fully saturated rings. The molecule has 0 aromatic heterocycles. The second-order valence-corrected chi connectivity index (χ2v) is 5.77. The van der Waals surface area contributed by atoms with E-state index < -0.39 is 0 Å². The molecule has 2 rings (SSSR count). The summed E-state index contributed by atoms with van der Waals surface area (Å²) in [7, 11) is 0. The van der Waals surface area contributed by atoms with Crippen molar-refractivity contribution in [3.63, 3.8) is 0 Å². The van der Waals surface area contributed by atoms with Gasteiger partial charge in [-0.15, -0.1) is 0 Å². The lowest BCUT2D eigenvalue weighted by atomic mass is 9.69. The van der Waals surface area contributed by atoms with Crippen LogP contribution in [0.4, 0.5) is 0 Å². The van der Waals surface area contributed by atoms with Crippen molar-refractivity contribution in [1.82, 2.24) is 5.32 Å². The molecule has 2 aliphatic rings. The van der Waals surface area contributed by atoms with E-state index in [0.717, 1.165) is 18.9 Å². The van der Waals surface area contributed by atoms with Gasteiger partial charge >= 0.3 is 0 Å². The highest BCUT2D eigenvalue weighted by atomic mass is 16.1. The summed E-state index contributed by atoms with van der Waals surface area (Å²) in [5.74, 6) is 1.71. The van der Waals surface area contributed by atoms with Gasteiger partial charge in [-0.3, -0.25) is 4.79 Å². The van der Waals surface area contributed by atoms with E-state index in [1.807, 2.05) is 0 Å². The van der Waals surface area contributed by atoms with Crippen molar-refractivity contribution < 1.29 is 4.79 Å². The Hall–Kier alpha value is -0.530. The summed E-state index contributed by atoms with van der Waals surface area (Å²) in [5.41, 5.74) is 0.548. The van der Waals surface area contributed by atoms with Gasteiger partial charge in [0.2, 0.25) is 5.91 Å². The Morgan fingerprint density at radius 2 is 1.86 bits per heavy atom. The molecule has 14 heavy (non-hydrogen) atoms. The van der Waals surface area contributed by atoms with E-state index in [4.69, 9.17) is 0 Å². The molecule has 0 unspecified atom stereocenters. The first kappa shape index (κ1) is 10.0. The summed E-state index contributed by atoms with van der Waals surface area (Å²) in [6, 6.07) is 0. The molecule has 2 heteroatoms. The number of carbonyl (C=O) groups is 1. The maximum absolute atomic E-state index is 11.1. The Balaban J connectivity index is 1.86. The fourth-order valence-electron chi connectivity index (χ4n) is 2.85. The molecule has 1 N–H and O–H groups in total. The number of nitrogens with one attached hydrogen (secondary N) is 1. The Kier molecular flexibility index (Phi) is 2.54. The van der Waals surface area contributed by atoms with Crippen molar-refractivity contribution in [2.24, 2.45) is 17.3 Å². The zero-order valence-electron chi connectivity index (χ0n) is 9.31. The lowest BCUT2D eigenvalue weighted by Gasteiger charge is -2.36. The van der Waals surface area contributed by atoms with Gasteiger partial charge in [-0.1, -0.05) is 13.8 Å². The SMILES string of the molecule is CC1(C)CCC([C@H]2CNC(=O)C2)CC1. The van der Waals surface area contributed by atoms with Crippen molar-refractivity contribution in [1.29, 1.82) is 0 Å². The molecule has 80 valence electrons. The molecule has 0 radical (unpaired) electrons. The van der Waals surface area contributed by atoms with E-state index in [-0.39, 0.29) is 5.91 Å². The number of hydrogen-bond donors (Lipinski definition) is 1. The molecule has 1 heterocycles. The van der Waals surface area contributed by atoms with Crippen LogP contribution in [0.15, 0.2) is 0 Å². The lowest BCUT2D eigenvalue weighted by molar-refractivity contribution is -0.119. The Morgan fingerprint density at radius 3 is 2.36 bits per heavy atom. The molecular weight excluding hydrogens is 174 g/mol. The second kappa shape index (κ2) is 3.56. The second-order valence-electron chi connectivity index (χ2n) is 5.77. The van der Waals surface area contributed by atoms with Crippen LogP contribution in [0.3, 0.4) is 0 Å². The predicted octanol–water partition coefficient (Wildman–Crippen LogP) is 2.34. The maximum atomic E-state index is 11.1. The lowest BCUT2D eigenvalue weighted by Crippen LogP contribution is -2.27. The molecule has 1 amide bonds. The highest BCUT2D eigenvalue weighted by molar-refractivity contribution is 5.78. The molecule has 1 saturated heterocycles. The minimum atomic E-state index is 0.264. The van der Waals surface area contributed by atoms with E-state index in [0.29, 0.717) is 11.3 Å². The van der Waals surface area contributed by atoms with Gasteiger partial charge in [-0.05, 0) is 42.9 Å². The number of rotatable bonds is 1. The first-order valence-electron chi connectivity index (χ1n) is 5.83. The Labute approximate surface area is 86.5 Å². The van der Waals surface area contributed by atoms with Crippen LogP contribution in [0.2, 0.25) is 0 Å². The summed E-state index contributed by atoms with van der Waals surface area (Å²) in [5, 5.41) is 2.95. The minimum Gasteiger partial charge on any atom is -0.356 e. The minimum absolute atomic E-state index is 0.264. The predicted molar refractivity (Wildman–Crippen MR) is 56.9 cm³/mol. The third-order valence-electron chi connectivity index (χ3n) is 4.06. The van der Waals surface area contributed by atoms with E-state index >= 15 is 0 Å². The molecule has 1 atom stereocenters. The fraction of sp³-hybridized carbons (Fsp3) is 0.917. The topological polar surface area (TPSA) is 29.1 Å².